The maximum atomic E-state index is 12.0. The predicted octanol–water partition coefficient (Wildman–Crippen LogP) is 1.40. The average molecular weight is 266 g/mol. The van der Waals surface area contributed by atoms with Crippen molar-refractivity contribution in [2.24, 2.45) is 5.73 Å². The van der Waals surface area contributed by atoms with Crippen molar-refractivity contribution in [3.8, 4) is 5.75 Å². The summed E-state index contributed by atoms with van der Waals surface area (Å²) in [7, 11) is 0. The van der Waals surface area contributed by atoms with Crippen LogP contribution in [0, 0.1) is 0 Å². The van der Waals surface area contributed by atoms with E-state index in [4.69, 9.17) is 17.3 Å². The van der Waals surface area contributed by atoms with Gasteiger partial charge in [0, 0.05) is 11.2 Å². The first kappa shape index (κ1) is 12.1. The minimum atomic E-state index is -0.802. The van der Waals surface area contributed by atoms with Crippen molar-refractivity contribution in [3.63, 3.8) is 0 Å². The zero-order valence-electron chi connectivity index (χ0n) is 9.00. The van der Waals surface area contributed by atoms with E-state index in [-0.39, 0.29) is 16.9 Å². The molecule has 0 aliphatic rings. The number of amides is 1. The van der Waals surface area contributed by atoms with Crippen molar-refractivity contribution in [2.45, 2.75) is 0 Å². The van der Waals surface area contributed by atoms with Gasteiger partial charge in [-0.25, -0.2) is 4.79 Å². The maximum Gasteiger partial charge on any atom is 0.339 e. The van der Waals surface area contributed by atoms with E-state index in [9.17, 15) is 14.7 Å². The minimum absolute atomic E-state index is 0.0338. The van der Waals surface area contributed by atoms with Gasteiger partial charge in [-0.1, -0.05) is 11.6 Å². The van der Waals surface area contributed by atoms with Crippen molar-refractivity contribution in [1.82, 2.24) is 9.78 Å². The van der Waals surface area contributed by atoms with Gasteiger partial charge in [0.15, 0.2) is 5.78 Å². The highest BCUT2D eigenvalue weighted by Crippen LogP contribution is 2.23. The first-order valence-corrected chi connectivity index (χ1v) is 5.24. The van der Waals surface area contributed by atoms with Crippen LogP contribution in [0.15, 0.2) is 30.6 Å². The SMILES string of the molecule is NC(=O)n1cc(C(=O)c2cc(Cl)ccc2O)cn1. The van der Waals surface area contributed by atoms with Gasteiger partial charge in [0.2, 0.25) is 0 Å². The van der Waals surface area contributed by atoms with Gasteiger partial charge in [-0.15, -0.1) is 0 Å². The Morgan fingerprint density at radius 3 is 2.72 bits per heavy atom. The van der Waals surface area contributed by atoms with Crippen LogP contribution in [0.3, 0.4) is 0 Å². The molecule has 0 spiro atoms. The highest BCUT2D eigenvalue weighted by molar-refractivity contribution is 6.31. The summed E-state index contributed by atoms with van der Waals surface area (Å²) in [6.45, 7) is 0. The van der Waals surface area contributed by atoms with Gasteiger partial charge >= 0.3 is 6.03 Å². The van der Waals surface area contributed by atoms with Crippen LogP contribution in [0.1, 0.15) is 15.9 Å². The second kappa shape index (κ2) is 4.50. The summed E-state index contributed by atoms with van der Waals surface area (Å²) in [5.74, 6) is -0.696. The largest absolute Gasteiger partial charge is 0.507 e. The van der Waals surface area contributed by atoms with Crippen LogP contribution < -0.4 is 5.73 Å². The average Bonchev–Trinajstić information content (AvgIpc) is 2.81. The zero-order chi connectivity index (χ0) is 13.3. The molecule has 0 atom stereocenters. The number of hydrogen-bond donors (Lipinski definition) is 2. The third kappa shape index (κ3) is 2.18. The van der Waals surface area contributed by atoms with E-state index in [2.05, 4.69) is 5.10 Å². The molecule has 0 saturated carbocycles. The summed E-state index contributed by atoms with van der Waals surface area (Å²) in [5, 5.41) is 13.5. The minimum Gasteiger partial charge on any atom is -0.507 e. The van der Waals surface area contributed by atoms with E-state index in [0.717, 1.165) is 4.68 Å². The van der Waals surface area contributed by atoms with Crippen LogP contribution in [0.2, 0.25) is 5.02 Å². The summed E-state index contributed by atoms with van der Waals surface area (Å²) in [6, 6.07) is 3.31. The van der Waals surface area contributed by atoms with Crippen molar-refractivity contribution in [3.05, 3.63) is 46.7 Å². The highest BCUT2D eigenvalue weighted by atomic mass is 35.5. The third-order valence-electron chi connectivity index (χ3n) is 2.27. The van der Waals surface area contributed by atoms with Crippen molar-refractivity contribution >= 4 is 23.4 Å². The topological polar surface area (TPSA) is 98.2 Å². The lowest BCUT2D eigenvalue weighted by molar-refractivity contribution is 0.103. The van der Waals surface area contributed by atoms with Gasteiger partial charge in [-0.2, -0.15) is 9.78 Å². The molecule has 0 unspecified atom stereocenters. The smallest absolute Gasteiger partial charge is 0.339 e. The number of rotatable bonds is 2. The molecule has 1 aromatic carbocycles. The Morgan fingerprint density at radius 1 is 1.39 bits per heavy atom. The first-order chi connectivity index (χ1) is 8.49. The van der Waals surface area contributed by atoms with Crippen LogP contribution in [0.5, 0.6) is 5.75 Å². The van der Waals surface area contributed by atoms with Crippen LogP contribution in [0.25, 0.3) is 0 Å². The van der Waals surface area contributed by atoms with Gasteiger partial charge in [0.1, 0.15) is 5.75 Å². The van der Waals surface area contributed by atoms with Crippen LogP contribution in [0.4, 0.5) is 4.79 Å². The Balaban J connectivity index is 2.41. The summed E-state index contributed by atoms with van der Waals surface area (Å²) in [6.07, 6.45) is 2.37. The summed E-state index contributed by atoms with van der Waals surface area (Å²) >= 11 is 5.75. The predicted molar refractivity (Wildman–Crippen MR) is 63.8 cm³/mol. The second-order valence-corrected chi connectivity index (χ2v) is 3.94. The number of ketones is 1. The molecule has 1 heterocycles. The number of hydrogen-bond acceptors (Lipinski definition) is 4. The molecule has 3 N–H and O–H groups in total. The number of phenolic OH excluding ortho intramolecular Hbond substituents is 1. The number of nitrogens with two attached hydrogens (primary N) is 1. The summed E-state index contributed by atoms with van der Waals surface area (Å²) in [5.41, 5.74) is 5.16. The molecule has 0 saturated heterocycles. The molecule has 7 heteroatoms. The zero-order valence-corrected chi connectivity index (χ0v) is 9.76. The Kier molecular flexibility index (Phi) is 3.03. The number of benzene rings is 1. The normalized spacial score (nSPS) is 10.3. The lowest BCUT2D eigenvalue weighted by atomic mass is 10.1. The highest BCUT2D eigenvalue weighted by Gasteiger charge is 2.16. The molecular formula is C11H8ClN3O3. The number of aromatic nitrogens is 2. The van der Waals surface area contributed by atoms with E-state index >= 15 is 0 Å². The van der Waals surface area contributed by atoms with E-state index < -0.39 is 11.8 Å². The molecule has 18 heavy (non-hydrogen) atoms. The standard InChI is InChI=1S/C11H8ClN3O3/c12-7-1-2-9(16)8(3-7)10(17)6-4-14-15(5-6)11(13)18/h1-5,16H,(H2,13,18). The number of carbonyl (C=O) groups is 2. The molecule has 2 aromatic rings. The molecule has 1 amide bonds. The molecular weight excluding hydrogens is 258 g/mol. The molecule has 92 valence electrons. The summed E-state index contributed by atoms with van der Waals surface area (Å²) < 4.78 is 0.828. The van der Waals surface area contributed by atoms with Gasteiger partial charge in [-0.05, 0) is 18.2 Å². The quantitative estimate of drug-likeness (QED) is 0.802. The van der Waals surface area contributed by atoms with E-state index in [1.54, 1.807) is 0 Å². The van der Waals surface area contributed by atoms with E-state index in [1.807, 2.05) is 0 Å². The van der Waals surface area contributed by atoms with Crippen LogP contribution in [-0.2, 0) is 0 Å². The number of primary amides is 1. The molecule has 1 aromatic heterocycles. The summed E-state index contributed by atoms with van der Waals surface area (Å²) in [4.78, 5) is 22.9. The Bertz CT molecular complexity index is 636. The van der Waals surface area contributed by atoms with E-state index in [0.29, 0.717) is 5.02 Å². The number of carbonyl (C=O) groups excluding carboxylic acids is 2. The molecule has 0 bridgehead atoms. The van der Waals surface area contributed by atoms with Gasteiger partial charge < -0.3 is 10.8 Å². The van der Waals surface area contributed by atoms with E-state index in [1.165, 1.54) is 30.6 Å². The number of aromatic hydroxyl groups is 1. The van der Waals surface area contributed by atoms with Gasteiger partial charge in [-0.3, -0.25) is 4.79 Å². The molecule has 0 fully saturated rings. The molecule has 0 aliphatic heterocycles. The monoisotopic (exact) mass is 265 g/mol. The Hall–Kier alpha value is -2.34. The first-order valence-electron chi connectivity index (χ1n) is 4.86. The molecule has 6 nitrogen and oxygen atoms in total. The van der Waals surface area contributed by atoms with Crippen molar-refractivity contribution < 1.29 is 14.7 Å². The molecule has 0 aliphatic carbocycles. The fourth-order valence-electron chi connectivity index (χ4n) is 1.41. The molecule has 0 radical (unpaired) electrons. The maximum absolute atomic E-state index is 12.0. The fraction of sp³-hybridized carbons (Fsp3) is 0. The van der Waals surface area contributed by atoms with Gasteiger partial charge in [0.05, 0.1) is 17.3 Å². The fourth-order valence-corrected chi connectivity index (χ4v) is 1.58. The third-order valence-corrected chi connectivity index (χ3v) is 2.51. The molecule has 2 rings (SSSR count). The van der Waals surface area contributed by atoms with Gasteiger partial charge in [0.25, 0.3) is 0 Å². The number of halogens is 1. The Morgan fingerprint density at radius 2 is 2.11 bits per heavy atom. The number of phenols is 1. The number of nitrogens with zero attached hydrogens (tertiary/aromatic N) is 2. The van der Waals surface area contributed by atoms with Crippen LogP contribution in [-0.4, -0.2) is 26.7 Å². The Labute approximate surface area is 107 Å². The van der Waals surface area contributed by atoms with Crippen LogP contribution >= 0.6 is 11.6 Å². The van der Waals surface area contributed by atoms with Crippen molar-refractivity contribution in [1.29, 1.82) is 0 Å². The lowest BCUT2D eigenvalue weighted by Gasteiger charge is -2.02. The lowest BCUT2D eigenvalue weighted by Crippen LogP contribution is -2.19. The van der Waals surface area contributed by atoms with Crippen molar-refractivity contribution in [2.75, 3.05) is 0 Å². The second-order valence-electron chi connectivity index (χ2n) is 3.50.